The number of benzene rings is 2. The minimum atomic E-state index is -0.507. The molecule has 2 heterocycles. The minimum absolute atomic E-state index is 0.00272. The van der Waals surface area contributed by atoms with Gasteiger partial charge in [-0.3, -0.25) is 14.6 Å². The summed E-state index contributed by atoms with van der Waals surface area (Å²) in [5.74, 6) is -0.503. The van der Waals surface area contributed by atoms with Crippen molar-refractivity contribution in [3.63, 3.8) is 0 Å². The Kier molecular flexibility index (Phi) is 4.50. The zero-order valence-corrected chi connectivity index (χ0v) is 14.7. The fourth-order valence-corrected chi connectivity index (χ4v) is 3.32. The number of H-pyrrole nitrogens is 1. The molecule has 7 heteroatoms. The van der Waals surface area contributed by atoms with Gasteiger partial charge in [-0.05, 0) is 29.8 Å². The summed E-state index contributed by atoms with van der Waals surface area (Å²) in [6.45, 7) is 2.07. The molecule has 2 aromatic carbocycles. The van der Waals surface area contributed by atoms with Crippen LogP contribution in [0.25, 0.3) is 11.1 Å². The molecule has 1 aromatic heterocycles. The van der Waals surface area contributed by atoms with Crippen LogP contribution in [0.3, 0.4) is 0 Å². The van der Waals surface area contributed by atoms with Crippen LogP contribution in [-0.4, -0.2) is 52.8 Å². The number of carbonyl (C=O) groups excluding carboxylic acids is 2. The van der Waals surface area contributed by atoms with Crippen LogP contribution in [0.1, 0.15) is 15.9 Å². The van der Waals surface area contributed by atoms with Crippen LogP contribution in [-0.2, 0) is 11.2 Å². The molecule has 138 valence electrons. The van der Waals surface area contributed by atoms with Crippen molar-refractivity contribution in [2.45, 2.75) is 6.42 Å². The van der Waals surface area contributed by atoms with E-state index in [4.69, 9.17) is 4.42 Å². The maximum Gasteiger partial charge on any atom is 0.417 e. The minimum Gasteiger partial charge on any atom is -0.408 e. The first-order valence-corrected chi connectivity index (χ1v) is 8.84. The Labute approximate surface area is 155 Å². The third-order valence-corrected chi connectivity index (χ3v) is 4.78. The van der Waals surface area contributed by atoms with E-state index >= 15 is 0 Å². The normalized spacial score (nSPS) is 14.5. The first-order valence-electron chi connectivity index (χ1n) is 8.84. The van der Waals surface area contributed by atoms with Gasteiger partial charge in [0.15, 0.2) is 5.58 Å². The molecule has 1 N–H and O–H groups in total. The topological polar surface area (TPSA) is 86.6 Å². The molecule has 27 heavy (non-hydrogen) atoms. The zero-order valence-electron chi connectivity index (χ0n) is 14.7. The van der Waals surface area contributed by atoms with E-state index in [2.05, 4.69) is 4.98 Å². The molecule has 1 fully saturated rings. The molecule has 0 spiro atoms. The van der Waals surface area contributed by atoms with Gasteiger partial charge in [0.25, 0.3) is 5.91 Å². The molecule has 0 aliphatic carbocycles. The molecule has 2 amide bonds. The van der Waals surface area contributed by atoms with Gasteiger partial charge >= 0.3 is 5.76 Å². The largest absolute Gasteiger partial charge is 0.417 e. The van der Waals surface area contributed by atoms with E-state index in [-0.39, 0.29) is 18.2 Å². The van der Waals surface area contributed by atoms with Crippen molar-refractivity contribution in [1.82, 2.24) is 14.8 Å². The van der Waals surface area contributed by atoms with Gasteiger partial charge in [-0.2, -0.15) is 0 Å². The highest BCUT2D eigenvalue weighted by molar-refractivity contribution is 5.94. The second kappa shape index (κ2) is 7.11. The molecule has 0 saturated carbocycles. The number of carbonyl (C=O) groups is 2. The number of amides is 2. The molecule has 0 bridgehead atoms. The number of piperazine rings is 1. The molecular weight excluding hydrogens is 346 g/mol. The fraction of sp³-hybridized carbons (Fsp3) is 0.250. The molecule has 1 aliphatic heterocycles. The smallest absolute Gasteiger partial charge is 0.408 e. The number of nitrogens with one attached hydrogen (secondary N) is 1. The third-order valence-electron chi connectivity index (χ3n) is 4.78. The maximum atomic E-state index is 12.6. The van der Waals surface area contributed by atoms with Gasteiger partial charge in [0.2, 0.25) is 5.91 Å². The number of oxazole rings is 1. The quantitative estimate of drug-likeness (QED) is 0.765. The van der Waals surface area contributed by atoms with Gasteiger partial charge in [0, 0.05) is 31.7 Å². The number of aromatic amines is 1. The molecule has 4 rings (SSSR count). The molecule has 0 unspecified atom stereocenters. The highest BCUT2D eigenvalue weighted by atomic mass is 16.4. The monoisotopic (exact) mass is 365 g/mol. The molecule has 1 saturated heterocycles. The highest BCUT2D eigenvalue weighted by Crippen LogP contribution is 2.15. The summed E-state index contributed by atoms with van der Waals surface area (Å²) in [7, 11) is 0. The number of hydrogen-bond acceptors (Lipinski definition) is 4. The van der Waals surface area contributed by atoms with Crippen molar-refractivity contribution >= 4 is 22.9 Å². The Balaban J connectivity index is 1.36. The lowest BCUT2D eigenvalue weighted by atomic mass is 10.1. The number of fused-ring (bicyclic) bond motifs is 1. The molecule has 0 atom stereocenters. The van der Waals surface area contributed by atoms with Crippen molar-refractivity contribution in [2.75, 3.05) is 26.2 Å². The van der Waals surface area contributed by atoms with Crippen LogP contribution < -0.4 is 5.76 Å². The summed E-state index contributed by atoms with van der Waals surface area (Å²) in [4.78, 5) is 42.4. The lowest BCUT2D eigenvalue weighted by Gasteiger charge is -2.35. The summed E-state index contributed by atoms with van der Waals surface area (Å²) in [5, 5.41) is 0. The molecule has 7 nitrogen and oxygen atoms in total. The second-order valence-corrected chi connectivity index (χ2v) is 6.56. The van der Waals surface area contributed by atoms with Crippen LogP contribution in [0.15, 0.2) is 57.7 Å². The Hall–Kier alpha value is -3.35. The van der Waals surface area contributed by atoms with E-state index in [1.54, 1.807) is 40.1 Å². The van der Waals surface area contributed by atoms with Gasteiger partial charge in [0.1, 0.15) is 0 Å². The van der Waals surface area contributed by atoms with E-state index < -0.39 is 5.76 Å². The van der Waals surface area contributed by atoms with Crippen LogP contribution in [0.2, 0.25) is 0 Å². The average Bonchev–Trinajstić information content (AvgIpc) is 3.07. The number of aromatic nitrogens is 1. The average molecular weight is 365 g/mol. The lowest BCUT2D eigenvalue weighted by Crippen LogP contribution is -2.51. The van der Waals surface area contributed by atoms with Gasteiger partial charge in [-0.1, -0.05) is 24.3 Å². The van der Waals surface area contributed by atoms with E-state index in [0.29, 0.717) is 42.8 Å². The van der Waals surface area contributed by atoms with Crippen LogP contribution >= 0.6 is 0 Å². The first kappa shape index (κ1) is 17.1. The van der Waals surface area contributed by atoms with E-state index in [1.165, 1.54) is 0 Å². The van der Waals surface area contributed by atoms with Crippen LogP contribution in [0.5, 0.6) is 0 Å². The van der Waals surface area contributed by atoms with Crippen molar-refractivity contribution in [1.29, 1.82) is 0 Å². The number of hydrogen-bond donors (Lipinski definition) is 1. The van der Waals surface area contributed by atoms with Crippen molar-refractivity contribution in [3.8, 4) is 0 Å². The predicted molar refractivity (Wildman–Crippen MR) is 99.5 cm³/mol. The Bertz CT molecular complexity index is 1030. The summed E-state index contributed by atoms with van der Waals surface area (Å²) in [5.41, 5.74) is 2.54. The van der Waals surface area contributed by atoms with Crippen molar-refractivity contribution in [3.05, 3.63) is 70.2 Å². The van der Waals surface area contributed by atoms with Crippen LogP contribution in [0, 0.1) is 0 Å². The molecular formula is C20H19N3O4. The summed E-state index contributed by atoms with van der Waals surface area (Å²) >= 11 is 0. The van der Waals surface area contributed by atoms with Crippen LogP contribution in [0.4, 0.5) is 0 Å². The summed E-state index contributed by atoms with van der Waals surface area (Å²) in [6, 6.07) is 14.4. The molecule has 0 radical (unpaired) electrons. The van der Waals surface area contributed by atoms with Gasteiger partial charge < -0.3 is 14.2 Å². The molecule has 1 aliphatic rings. The van der Waals surface area contributed by atoms with E-state index in [0.717, 1.165) is 5.56 Å². The zero-order chi connectivity index (χ0) is 18.8. The first-order chi connectivity index (χ1) is 13.1. The van der Waals surface area contributed by atoms with Gasteiger partial charge in [-0.15, -0.1) is 0 Å². The number of rotatable bonds is 3. The van der Waals surface area contributed by atoms with E-state index in [1.807, 2.05) is 18.2 Å². The lowest BCUT2D eigenvalue weighted by molar-refractivity contribution is -0.131. The van der Waals surface area contributed by atoms with Crippen molar-refractivity contribution < 1.29 is 14.0 Å². The second-order valence-electron chi connectivity index (χ2n) is 6.56. The van der Waals surface area contributed by atoms with Gasteiger partial charge in [0.05, 0.1) is 11.9 Å². The third kappa shape index (κ3) is 3.62. The Morgan fingerprint density at radius 3 is 2.41 bits per heavy atom. The maximum absolute atomic E-state index is 12.6. The summed E-state index contributed by atoms with van der Waals surface area (Å²) < 4.78 is 4.97. The number of nitrogens with zero attached hydrogens (tertiary/aromatic N) is 2. The summed E-state index contributed by atoms with van der Waals surface area (Å²) in [6.07, 6.45) is 0.246. The van der Waals surface area contributed by atoms with Gasteiger partial charge in [-0.25, -0.2) is 4.79 Å². The Morgan fingerprint density at radius 1 is 0.963 bits per heavy atom. The molecule has 3 aromatic rings. The van der Waals surface area contributed by atoms with E-state index in [9.17, 15) is 14.4 Å². The standard InChI is InChI=1S/C20H19N3O4/c24-18(13-14-6-7-17-16(12-14)21-20(26)27-17)22-8-10-23(11-9-22)19(25)15-4-2-1-3-5-15/h1-7,12H,8-11,13H2,(H,21,26). The highest BCUT2D eigenvalue weighted by Gasteiger charge is 2.24. The predicted octanol–water partition coefficient (Wildman–Crippen LogP) is 1.65. The Morgan fingerprint density at radius 2 is 1.67 bits per heavy atom. The SMILES string of the molecule is O=C(Cc1ccc2oc(=O)[nH]c2c1)N1CCN(C(=O)c2ccccc2)CC1. The van der Waals surface area contributed by atoms with Crippen molar-refractivity contribution in [2.24, 2.45) is 0 Å². The fourth-order valence-electron chi connectivity index (χ4n) is 3.32.